The Labute approximate surface area is 133 Å². The monoisotopic (exact) mass is 306 g/mol. The van der Waals surface area contributed by atoms with Crippen molar-refractivity contribution in [3.05, 3.63) is 35.9 Å². The van der Waals surface area contributed by atoms with Crippen LogP contribution >= 0.6 is 12.2 Å². The van der Waals surface area contributed by atoms with Gasteiger partial charge in [0.1, 0.15) is 11.0 Å². The van der Waals surface area contributed by atoms with Crippen LogP contribution in [0.3, 0.4) is 0 Å². The number of hydrogen-bond acceptors (Lipinski definition) is 2. The Bertz CT molecular complexity index is 434. The summed E-state index contributed by atoms with van der Waals surface area (Å²) in [5, 5.41) is 2.93. The third-order valence-electron chi connectivity index (χ3n) is 3.48. The highest BCUT2D eigenvalue weighted by atomic mass is 32.1. The van der Waals surface area contributed by atoms with E-state index >= 15 is 0 Å². The van der Waals surface area contributed by atoms with Crippen molar-refractivity contribution in [2.75, 3.05) is 0 Å². The highest BCUT2D eigenvalue weighted by molar-refractivity contribution is 7.80. The second-order valence-corrected chi connectivity index (χ2v) is 5.80. The van der Waals surface area contributed by atoms with E-state index < -0.39 is 0 Å². The number of nitrogens with two attached hydrogens (primary N) is 1. The van der Waals surface area contributed by atoms with E-state index in [1.807, 2.05) is 30.3 Å². The minimum absolute atomic E-state index is 0.0205. The first-order valence-corrected chi connectivity index (χ1v) is 8.19. The summed E-state index contributed by atoms with van der Waals surface area (Å²) in [5.74, 6) is 0.0205. The van der Waals surface area contributed by atoms with E-state index in [-0.39, 0.29) is 11.9 Å². The van der Waals surface area contributed by atoms with Gasteiger partial charge >= 0.3 is 0 Å². The van der Waals surface area contributed by atoms with Gasteiger partial charge in [-0.25, -0.2) is 0 Å². The summed E-state index contributed by atoms with van der Waals surface area (Å²) < 4.78 is 0. The van der Waals surface area contributed by atoms with Crippen LogP contribution in [0.15, 0.2) is 30.3 Å². The molecule has 1 unspecified atom stereocenters. The largest absolute Gasteiger partial charge is 0.391 e. The van der Waals surface area contributed by atoms with Crippen LogP contribution in [0.25, 0.3) is 0 Å². The SMILES string of the molecule is CCCCCCCCC(=O)NC(C(N)=S)c1ccccc1. The number of carbonyl (C=O) groups excluding carboxylic acids is 1. The fourth-order valence-corrected chi connectivity index (χ4v) is 2.46. The molecule has 0 aliphatic carbocycles. The van der Waals surface area contributed by atoms with Crippen LogP contribution < -0.4 is 11.1 Å². The number of rotatable bonds is 10. The minimum atomic E-state index is -0.367. The van der Waals surface area contributed by atoms with Gasteiger partial charge in [0.05, 0.1) is 0 Å². The molecule has 0 heterocycles. The van der Waals surface area contributed by atoms with Gasteiger partial charge in [-0.15, -0.1) is 0 Å². The zero-order valence-electron chi connectivity index (χ0n) is 12.8. The summed E-state index contributed by atoms with van der Waals surface area (Å²) in [7, 11) is 0. The van der Waals surface area contributed by atoms with Crippen molar-refractivity contribution in [2.24, 2.45) is 5.73 Å². The Morgan fingerprint density at radius 1 is 1.14 bits per heavy atom. The molecule has 0 spiro atoms. The van der Waals surface area contributed by atoms with Gasteiger partial charge < -0.3 is 11.1 Å². The van der Waals surface area contributed by atoms with E-state index in [2.05, 4.69) is 12.2 Å². The normalized spacial score (nSPS) is 11.9. The van der Waals surface area contributed by atoms with Crippen molar-refractivity contribution in [1.29, 1.82) is 0 Å². The van der Waals surface area contributed by atoms with Gasteiger partial charge in [-0.1, -0.05) is 81.6 Å². The van der Waals surface area contributed by atoms with E-state index in [1.165, 1.54) is 25.7 Å². The summed E-state index contributed by atoms with van der Waals surface area (Å²) in [4.78, 5) is 12.3. The number of carbonyl (C=O) groups is 1. The quantitative estimate of drug-likeness (QED) is 0.509. The molecule has 4 heteroatoms. The maximum Gasteiger partial charge on any atom is 0.220 e. The molecule has 21 heavy (non-hydrogen) atoms. The molecule has 3 N–H and O–H groups in total. The fraction of sp³-hybridized carbons (Fsp3) is 0.529. The van der Waals surface area contributed by atoms with Crippen LogP contribution in [0.4, 0.5) is 0 Å². The van der Waals surface area contributed by atoms with E-state index in [1.54, 1.807) is 0 Å². The molecule has 0 bridgehead atoms. The smallest absolute Gasteiger partial charge is 0.220 e. The van der Waals surface area contributed by atoms with Crippen LogP contribution in [-0.2, 0) is 4.79 Å². The first-order chi connectivity index (χ1) is 10.1. The van der Waals surface area contributed by atoms with Crippen molar-refractivity contribution in [1.82, 2.24) is 5.32 Å². The molecule has 0 radical (unpaired) electrons. The summed E-state index contributed by atoms with van der Waals surface area (Å²) in [6, 6.07) is 9.25. The zero-order valence-corrected chi connectivity index (χ0v) is 13.6. The Balaban J connectivity index is 2.35. The van der Waals surface area contributed by atoms with Gasteiger partial charge in [0.25, 0.3) is 0 Å². The molecule has 0 saturated carbocycles. The van der Waals surface area contributed by atoms with Crippen LogP contribution in [0.5, 0.6) is 0 Å². The van der Waals surface area contributed by atoms with E-state index in [9.17, 15) is 4.79 Å². The topological polar surface area (TPSA) is 55.1 Å². The number of nitrogens with one attached hydrogen (secondary N) is 1. The third kappa shape index (κ3) is 7.23. The molecule has 3 nitrogen and oxygen atoms in total. The second kappa shape index (κ2) is 10.3. The highest BCUT2D eigenvalue weighted by Gasteiger charge is 2.16. The molecule has 0 aliphatic rings. The van der Waals surface area contributed by atoms with Crippen molar-refractivity contribution in [3.63, 3.8) is 0 Å². The average Bonchev–Trinajstić information content (AvgIpc) is 2.49. The average molecular weight is 306 g/mol. The molecule has 0 saturated heterocycles. The number of thiocarbonyl (C=S) groups is 1. The highest BCUT2D eigenvalue weighted by Crippen LogP contribution is 2.14. The lowest BCUT2D eigenvalue weighted by Gasteiger charge is -2.17. The standard InChI is InChI=1S/C17H26N2OS/c1-2-3-4-5-6-10-13-15(20)19-16(17(18)21)14-11-8-7-9-12-14/h7-9,11-12,16H,2-6,10,13H2,1H3,(H2,18,21)(H,19,20). The lowest BCUT2D eigenvalue weighted by molar-refractivity contribution is -0.121. The zero-order chi connectivity index (χ0) is 15.5. The van der Waals surface area contributed by atoms with Crippen molar-refractivity contribution in [3.8, 4) is 0 Å². The predicted octanol–water partition coefficient (Wildman–Crippen LogP) is 3.88. The van der Waals surface area contributed by atoms with Gasteiger partial charge in [0.2, 0.25) is 5.91 Å². The molecule has 1 aromatic carbocycles. The van der Waals surface area contributed by atoms with Crippen molar-refractivity contribution >= 4 is 23.1 Å². The van der Waals surface area contributed by atoms with Crippen molar-refractivity contribution < 1.29 is 4.79 Å². The number of hydrogen-bond donors (Lipinski definition) is 2. The van der Waals surface area contributed by atoms with Gasteiger partial charge in [0, 0.05) is 6.42 Å². The summed E-state index contributed by atoms with van der Waals surface area (Å²) >= 11 is 5.06. The Hall–Kier alpha value is -1.42. The van der Waals surface area contributed by atoms with Gasteiger partial charge in [-0.05, 0) is 12.0 Å². The molecular formula is C17H26N2OS. The molecule has 1 rings (SSSR count). The molecule has 116 valence electrons. The van der Waals surface area contributed by atoms with E-state index in [0.717, 1.165) is 18.4 Å². The lowest BCUT2D eigenvalue weighted by atomic mass is 10.1. The van der Waals surface area contributed by atoms with Gasteiger partial charge in [-0.3, -0.25) is 4.79 Å². The number of benzene rings is 1. The first-order valence-electron chi connectivity index (χ1n) is 7.78. The second-order valence-electron chi connectivity index (χ2n) is 5.33. The Morgan fingerprint density at radius 3 is 2.38 bits per heavy atom. The maximum absolute atomic E-state index is 12.0. The third-order valence-corrected chi connectivity index (χ3v) is 3.72. The van der Waals surface area contributed by atoms with Crippen LogP contribution in [0.1, 0.15) is 63.5 Å². The first kappa shape index (κ1) is 17.6. The van der Waals surface area contributed by atoms with Crippen LogP contribution in [-0.4, -0.2) is 10.9 Å². The van der Waals surface area contributed by atoms with Crippen LogP contribution in [0, 0.1) is 0 Å². The molecule has 1 amide bonds. The van der Waals surface area contributed by atoms with Gasteiger partial charge in [-0.2, -0.15) is 0 Å². The molecule has 1 atom stereocenters. The summed E-state index contributed by atoms with van der Waals surface area (Å²) in [6.45, 7) is 2.20. The van der Waals surface area contributed by atoms with Crippen molar-refractivity contribution in [2.45, 2.75) is 57.9 Å². The van der Waals surface area contributed by atoms with Crippen LogP contribution in [0.2, 0.25) is 0 Å². The van der Waals surface area contributed by atoms with E-state index in [4.69, 9.17) is 18.0 Å². The minimum Gasteiger partial charge on any atom is -0.391 e. The van der Waals surface area contributed by atoms with E-state index in [0.29, 0.717) is 11.4 Å². The Morgan fingerprint density at radius 2 is 1.76 bits per heavy atom. The molecule has 0 fully saturated rings. The molecule has 1 aromatic rings. The number of unbranched alkanes of at least 4 members (excludes halogenated alkanes) is 5. The van der Waals surface area contributed by atoms with Gasteiger partial charge in [0.15, 0.2) is 0 Å². The fourth-order valence-electron chi connectivity index (χ4n) is 2.26. The molecular weight excluding hydrogens is 280 g/mol. The summed E-state index contributed by atoms with van der Waals surface area (Å²) in [5.41, 5.74) is 6.68. The maximum atomic E-state index is 12.0. The molecule has 0 aliphatic heterocycles. The summed E-state index contributed by atoms with van der Waals surface area (Å²) in [6.07, 6.45) is 7.57. The predicted molar refractivity (Wildman–Crippen MR) is 92.1 cm³/mol. The molecule has 0 aromatic heterocycles. The Kier molecular flexibility index (Phi) is 8.67. The lowest BCUT2D eigenvalue weighted by Crippen LogP contribution is -2.36. The number of amides is 1.